The Balaban J connectivity index is 1.34. The van der Waals surface area contributed by atoms with E-state index in [2.05, 4.69) is 29.6 Å². The maximum Gasteiger partial charge on any atom is 0.334 e. The zero-order valence-corrected chi connectivity index (χ0v) is 23.5. The standard InChI is InChI=1S/C35H36N2O5/c38-32(35(41)42)22-36-34(40)29-14-10-24(11-15-29)23-37(31-18-16-28(17-19-31)26-6-2-1-3-7-26)33(39)21-25-12-13-27-8-4-5-9-30(27)20-25/h4-5,8-20,26,32,38H,1-3,6-7,21-23H2,(H,36,40)(H,41,42)/t32-/m1/s1. The van der Waals surface area contributed by atoms with Crippen molar-refractivity contribution in [1.82, 2.24) is 5.32 Å². The van der Waals surface area contributed by atoms with Gasteiger partial charge in [0.25, 0.3) is 5.91 Å². The molecule has 42 heavy (non-hydrogen) atoms. The predicted molar refractivity (Wildman–Crippen MR) is 164 cm³/mol. The second kappa shape index (κ2) is 13.4. The van der Waals surface area contributed by atoms with Crippen LogP contribution in [0.25, 0.3) is 10.8 Å². The number of aliphatic hydroxyl groups excluding tert-OH is 1. The van der Waals surface area contributed by atoms with Gasteiger partial charge in [-0.25, -0.2) is 4.79 Å². The topological polar surface area (TPSA) is 107 Å². The molecule has 1 atom stereocenters. The number of carboxylic acid groups (broad SMARTS) is 1. The molecule has 0 unspecified atom stereocenters. The fourth-order valence-corrected chi connectivity index (χ4v) is 5.63. The van der Waals surface area contributed by atoms with E-state index < -0.39 is 18.0 Å². The summed E-state index contributed by atoms with van der Waals surface area (Å²) in [7, 11) is 0. The fourth-order valence-electron chi connectivity index (χ4n) is 5.63. The van der Waals surface area contributed by atoms with Crippen LogP contribution in [0.4, 0.5) is 5.69 Å². The van der Waals surface area contributed by atoms with Crippen molar-refractivity contribution >= 4 is 34.2 Å². The van der Waals surface area contributed by atoms with Gasteiger partial charge < -0.3 is 20.4 Å². The Kier molecular flexibility index (Phi) is 9.29. The highest BCUT2D eigenvalue weighted by Crippen LogP contribution is 2.33. The molecule has 2 amide bonds. The van der Waals surface area contributed by atoms with Gasteiger partial charge in [-0.05, 0) is 70.5 Å². The lowest BCUT2D eigenvalue weighted by atomic mass is 9.84. The van der Waals surface area contributed by atoms with Gasteiger partial charge in [0.15, 0.2) is 6.10 Å². The molecular formula is C35H36N2O5. The van der Waals surface area contributed by atoms with Gasteiger partial charge in [-0.3, -0.25) is 9.59 Å². The number of carboxylic acids is 1. The average molecular weight is 565 g/mol. The minimum Gasteiger partial charge on any atom is -0.479 e. The van der Waals surface area contributed by atoms with E-state index in [-0.39, 0.29) is 18.9 Å². The highest BCUT2D eigenvalue weighted by atomic mass is 16.4. The molecule has 0 saturated heterocycles. The van der Waals surface area contributed by atoms with Crippen LogP contribution in [0.2, 0.25) is 0 Å². The largest absolute Gasteiger partial charge is 0.479 e. The summed E-state index contributed by atoms with van der Waals surface area (Å²) in [6.45, 7) is -0.0569. The number of carbonyl (C=O) groups is 3. The van der Waals surface area contributed by atoms with Crippen molar-refractivity contribution in [2.24, 2.45) is 0 Å². The number of rotatable bonds is 10. The van der Waals surface area contributed by atoms with E-state index in [4.69, 9.17) is 5.11 Å². The number of hydrogen-bond acceptors (Lipinski definition) is 4. The molecular weight excluding hydrogens is 528 g/mol. The lowest BCUT2D eigenvalue weighted by molar-refractivity contribution is -0.146. The summed E-state index contributed by atoms with van der Waals surface area (Å²) >= 11 is 0. The number of fused-ring (bicyclic) bond motifs is 1. The summed E-state index contributed by atoms with van der Waals surface area (Å²) in [6.07, 6.45) is 4.82. The van der Waals surface area contributed by atoms with Crippen molar-refractivity contribution < 1.29 is 24.6 Å². The van der Waals surface area contributed by atoms with Gasteiger partial charge >= 0.3 is 5.97 Å². The Bertz CT molecular complexity index is 1540. The quantitative estimate of drug-likeness (QED) is 0.224. The molecule has 216 valence electrons. The molecule has 0 spiro atoms. The number of anilines is 1. The van der Waals surface area contributed by atoms with Crippen molar-refractivity contribution in [3.8, 4) is 0 Å². The summed E-state index contributed by atoms with van der Waals surface area (Å²) in [5, 5.41) is 22.9. The van der Waals surface area contributed by atoms with E-state index in [0.717, 1.165) is 27.6 Å². The Labute approximate surface area is 245 Å². The summed E-state index contributed by atoms with van der Waals surface area (Å²) in [4.78, 5) is 38.8. The van der Waals surface area contributed by atoms with Crippen LogP contribution in [0.15, 0.2) is 91.0 Å². The van der Waals surface area contributed by atoms with Crippen molar-refractivity contribution in [2.45, 2.75) is 57.1 Å². The van der Waals surface area contributed by atoms with E-state index in [1.807, 2.05) is 42.5 Å². The van der Waals surface area contributed by atoms with Crippen LogP contribution in [0.1, 0.15) is 65.1 Å². The zero-order chi connectivity index (χ0) is 29.5. The molecule has 0 heterocycles. The molecule has 0 aromatic heterocycles. The van der Waals surface area contributed by atoms with Crippen molar-refractivity contribution in [3.63, 3.8) is 0 Å². The maximum atomic E-state index is 13.8. The van der Waals surface area contributed by atoms with Crippen LogP contribution < -0.4 is 10.2 Å². The molecule has 7 heteroatoms. The second-order valence-electron chi connectivity index (χ2n) is 11.0. The molecule has 5 rings (SSSR count). The van der Waals surface area contributed by atoms with E-state index in [1.165, 1.54) is 37.7 Å². The minimum absolute atomic E-state index is 0.0276. The van der Waals surface area contributed by atoms with Crippen LogP contribution in [0, 0.1) is 0 Å². The fraction of sp³-hybridized carbons (Fsp3) is 0.286. The normalized spacial score (nSPS) is 14.3. The number of amides is 2. The van der Waals surface area contributed by atoms with Crippen molar-refractivity contribution in [3.05, 3.63) is 113 Å². The molecule has 1 aliphatic rings. The minimum atomic E-state index is -1.67. The first kappa shape index (κ1) is 29.0. The molecule has 4 aromatic rings. The molecule has 1 aliphatic carbocycles. The van der Waals surface area contributed by atoms with Crippen LogP contribution in [-0.4, -0.2) is 40.6 Å². The highest BCUT2D eigenvalue weighted by molar-refractivity contribution is 5.96. The number of aliphatic hydroxyl groups is 1. The lowest BCUT2D eigenvalue weighted by Gasteiger charge is -2.26. The number of hydrogen-bond donors (Lipinski definition) is 3. The van der Waals surface area contributed by atoms with Gasteiger partial charge in [0.2, 0.25) is 5.91 Å². The SMILES string of the molecule is O=C(NC[C@@H](O)C(=O)O)c1ccc(CN(C(=O)Cc2ccc3ccccc3c2)c2ccc(C3CCCCC3)cc2)cc1. The summed E-state index contributed by atoms with van der Waals surface area (Å²) in [6, 6.07) is 29.4. The van der Waals surface area contributed by atoms with Gasteiger partial charge in [0.1, 0.15) is 0 Å². The molecule has 0 aliphatic heterocycles. The zero-order valence-electron chi connectivity index (χ0n) is 23.5. The van der Waals surface area contributed by atoms with Crippen LogP contribution in [-0.2, 0) is 22.6 Å². The van der Waals surface area contributed by atoms with Crippen molar-refractivity contribution in [1.29, 1.82) is 0 Å². The van der Waals surface area contributed by atoms with Crippen molar-refractivity contribution in [2.75, 3.05) is 11.4 Å². The molecule has 7 nitrogen and oxygen atoms in total. The maximum absolute atomic E-state index is 13.8. The molecule has 1 fully saturated rings. The second-order valence-corrected chi connectivity index (χ2v) is 11.0. The van der Waals surface area contributed by atoms with Gasteiger partial charge in [0.05, 0.1) is 19.5 Å². The summed E-state index contributed by atoms with van der Waals surface area (Å²) in [5.74, 6) is -1.33. The third kappa shape index (κ3) is 7.22. The Hall–Kier alpha value is -4.49. The van der Waals surface area contributed by atoms with Gasteiger partial charge in [-0.2, -0.15) is 0 Å². The van der Waals surface area contributed by atoms with Gasteiger partial charge in [-0.1, -0.05) is 86.0 Å². The number of aliphatic carboxylic acids is 1. The van der Waals surface area contributed by atoms with E-state index in [1.54, 1.807) is 29.2 Å². The lowest BCUT2D eigenvalue weighted by Crippen LogP contribution is -2.36. The Morgan fingerprint density at radius 3 is 2.17 bits per heavy atom. The monoisotopic (exact) mass is 564 g/mol. The van der Waals surface area contributed by atoms with Gasteiger partial charge in [0, 0.05) is 11.3 Å². The molecule has 3 N–H and O–H groups in total. The smallest absolute Gasteiger partial charge is 0.334 e. The molecule has 4 aromatic carbocycles. The number of carbonyl (C=O) groups excluding carboxylic acids is 2. The van der Waals surface area contributed by atoms with E-state index in [9.17, 15) is 19.5 Å². The van der Waals surface area contributed by atoms with Gasteiger partial charge in [-0.15, -0.1) is 0 Å². The molecule has 1 saturated carbocycles. The number of nitrogens with one attached hydrogen (secondary N) is 1. The molecule has 0 radical (unpaired) electrons. The first-order valence-electron chi connectivity index (χ1n) is 14.5. The van der Waals surface area contributed by atoms with Crippen LogP contribution >= 0.6 is 0 Å². The summed E-state index contributed by atoms with van der Waals surface area (Å²) < 4.78 is 0. The van der Waals surface area contributed by atoms with Crippen LogP contribution in [0.5, 0.6) is 0 Å². The Morgan fingerprint density at radius 1 is 0.810 bits per heavy atom. The highest BCUT2D eigenvalue weighted by Gasteiger charge is 2.20. The van der Waals surface area contributed by atoms with Crippen LogP contribution in [0.3, 0.4) is 0 Å². The number of benzene rings is 4. The summed E-state index contributed by atoms with van der Waals surface area (Å²) in [5.41, 5.74) is 4.27. The van der Waals surface area contributed by atoms with E-state index >= 15 is 0 Å². The first-order valence-corrected chi connectivity index (χ1v) is 14.5. The number of nitrogens with zero attached hydrogens (tertiary/aromatic N) is 1. The third-order valence-electron chi connectivity index (χ3n) is 8.05. The average Bonchev–Trinajstić information content (AvgIpc) is 3.03. The molecule has 0 bridgehead atoms. The Morgan fingerprint density at radius 2 is 1.48 bits per heavy atom. The first-order chi connectivity index (χ1) is 20.4. The predicted octanol–water partition coefficient (Wildman–Crippen LogP) is 5.84. The third-order valence-corrected chi connectivity index (χ3v) is 8.05. The van der Waals surface area contributed by atoms with E-state index in [0.29, 0.717) is 18.0 Å².